The van der Waals surface area contributed by atoms with Gasteiger partial charge < -0.3 is 0 Å². The molecule has 0 bridgehead atoms. The van der Waals surface area contributed by atoms with Gasteiger partial charge in [-0.1, -0.05) is 59.0 Å². The highest BCUT2D eigenvalue weighted by Crippen LogP contribution is 2.18. The number of unbranched alkanes of at least 4 members (excludes halogenated alkanes) is 3. The summed E-state index contributed by atoms with van der Waals surface area (Å²) in [5.41, 5.74) is 0. The van der Waals surface area contributed by atoms with E-state index in [0.717, 1.165) is 5.92 Å². The minimum atomic E-state index is 0.696. The molecule has 0 N–H and O–H groups in total. The fourth-order valence-electron chi connectivity index (χ4n) is 1.77. The van der Waals surface area contributed by atoms with Gasteiger partial charge in [-0.15, -0.1) is 6.58 Å². The van der Waals surface area contributed by atoms with Crippen molar-refractivity contribution < 1.29 is 0 Å². The average molecular weight is 182 g/mol. The molecule has 0 aliphatic carbocycles. The van der Waals surface area contributed by atoms with Crippen LogP contribution in [-0.2, 0) is 0 Å². The molecular formula is C13H26. The topological polar surface area (TPSA) is 0 Å². The summed E-state index contributed by atoms with van der Waals surface area (Å²) in [4.78, 5) is 0. The van der Waals surface area contributed by atoms with E-state index in [2.05, 4.69) is 33.4 Å². The molecular weight excluding hydrogens is 156 g/mol. The van der Waals surface area contributed by atoms with E-state index < -0.39 is 0 Å². The van der Waals surface area contributed by atoms with Crippen LogP contribution in [0, 0.1) is 11.8 Å². The molecule has 13 heavy (non-hydrogen) atoms. The second kappa shape index (κ2) is 8.34. The van der Waals surface area contributed by atoms with Gasteiger partial charge in [-0.3, -0.25) is 0 Å². The largest absolute Gasteiger partial charge is 0.103 e. The van der Waals surface area contributed by atoms with Crippen LogP contribution < -0.4 is 0 Å². The zero-order valence-corrected chi connectivity index (χ0v) is 9.68. The number of rotatable bonds is 8. The van der Waals surface area contributed by atoms with Crippen molar-refractivity contribution in [2.24, 2.45) is 11.8 Å². The van der Waals surface area contributed by atoms with E-state index in [0.29, 0.717) is 5.92 Å². The molecule has 78 valence electrons. The molecule has 2 atom stereocenters. The molecule has 0 radical (unpaired) electrons. The Balaban J connectivity index is 3.29. The summed E-state index contributed by atoms with van der Waals surface area (Å²) in [5, 5.41) is 0. The molecule has 0 saturated heterocycles. The fraction of sp³-hybridized carbons (Fsp3) is 0.846. The van der Waals surface area contributed by atoms with Gasteiger partial charge >= 0.3 is 0 Å². The van der Waals surface area contributed by atoms with Gasteiger partial charge in [0.15, 0.2) is 0 Å². The molecule has 0 heteroatoms. The average Bonchev–Trinajstić information content (AvgIpc) is 2.12. The molecule has 0 spiro atoms. The summed E-state index contributed by atoms with van der Waals surface area (Å²) in [6.45, 7) is 10.7. The SMILES string of the molecule is C=CC(C)CC(C)CCCCCC. The predicted molar refractivity (Wildman–Crippen MR) is 61.9 cm³/mol. The van der Waals surface area contributed by atoms with Crippen LogP contribution in [0.5, 0.6) is 0 Å². The Bertz CT molecular complexity index is 115. The van der Waals surface area contributed by atoms with Crippen LogP contribution in [0.15, 0.2) is 12.7 Å². The molecule has 0 aromatic carbocycles. The monoisotopic (exact) mass is 182 g/mol. The maximum absolute atomic E-state index is 3.82. The molecule has 0 fully saturated rings. The second-order valence-corrected chi connectivity index (χ2v) is 4.40. The van der Waals surface area contributed by atoms with E-state index in [1.165, 1.54) is 38.5 Å². The molecule has 0 aliphatic heterocycles. The smallest absolute Gasteiger partial charge is 0.0262 e. The molecule has 2 unspecified atom stereocenters. The van der Waals surface area contributed by atoms with Crippen molar-refractivity contribution in [1.82, 2.24) is 0 Å². The molecule has 0 aromatic heterocycles. The zero-order chi connectivity index (χ0) is 10.1. The minimum absolute atomic E-state index is 0.696. The Morgan fingerprint density at radius 3 is 2.38 bits per heavy atom. The van der Waals surface area contributed by atoms with Crippen molar-refractivity contribution in [3.63, 3.8) is 0 Å². The van der Waals surface area contributed by atoms with E-state index in [4.69, 9.17) is 0 Å². The third kappa shape index (κ3) is 8.08. The Morgan fingerprint density at radius 1 is 1.15 bits per heavy atom. The molecule has 0 amide bonds. The first-order valence-electron chi connectivity index (χ1n) is 5.83. The third-order valence-electron chi connectivity index (χ3n) is 2.73. The van der Waals surface area contributed by atoms with Gasteiger partial charge in [0.25, 0.3) is 0 Å². The van der Waals surface area contributed by atoms with E-state index in [9.17, 15) is 0 Å². The summed E-state index contributed by atoms with van der Waals surface area (Å²) in [6.07, 6.45) is 10.4. The van der Waals surface area contributed by atoms with Crippen LogP contribution in [0.25, 0.3) is 0 Å². The van der Waals surface area contributed by atoms with Crippen molar-refractivity contribution in [3.05, 3.63) is 12.7 Å². The number of hydrogen-bond acceptors (Lipinski definition) is 0. The quantitative estimate of drug-likeness (QED) is 0.373. The lowest BCUT2D eigenvalue weighted by Crippen LogP contribution is -2.00. The van der Waals surface area contributed by atoms with E-state index in [-0.39, 0.29) is 0 Å². The summed E-state index contributed by atoms with van der Waals surface area (Å²) in [5.74, 6) is 1.58. The molecule has 0 saturated carbocycles. The second-order valence-electron chi connectivity index (χ2n) is 4.40. The third-order valence-corrected chi connectivity index (χ3v) is 2.73. The van der Waals surface area contributed by atoms with Crippen molar-refractivity contribution >= 4 is 0 Å². The molecule has 0 nitrogen and oxygen atoms in total. The van der Waals surface area contributed by atoms with E-state index in [1.54, 1.807) is 0 Å². The predicted octanol–water partition coefficient (Wildman–Crippen LogP) is 4.81. The van der Waals surface area contributed by atoms with Gasteiger partial charge in [0.1, 0.15) is 0 Å². The van der Waals surface area contributed by atoms with Crippen LogP contribution >= 0.6 is 0 Å². The Morgan fingerprint density at radius 2 is 1.85 bits per heavy atom. The van der Waals surface area contributed by atoms with Gasteiger partial charge in [0.05, 0.1) is 0 Å². The van der Waals surface area contributed by atoms with Gasteiger partial charge in [-0.2, -0.15) is 0 Å². The van der Waals surface area contributed by atoms with Crippen molar-refractivity contribution in [1.29, 1.82) is 0 Å². The molecule has 0 heterocycles. The minimum Gasteiger partial charge on any atom is -0.103 e. The van der Waals surface area contributed by atoms with Crippen LogP contribution in [0.2, 0.25) is 0 Å². The first-order valence-corrected chi connectivity index (χ1v) is 5.83. The zero-order valence-electron chi connectivity index (χ0n) is 9.68. The fourth-order valence-corrected chi connectivity index (χ4v) is 1.77. The van der Waals surface area contributed by atoms with Crippen LogP contribution in [0.4, 0.5) is 0 Å². The maximum atomic E-state index is 3.82. The Hall–Kier alpha value is -0.260. The summed E-state index contributed by atoms with van der Waals surface area (Å²) < 4.78 is 0. The summed E-state index contributed by atoms with van der Waals surface area (Å²) >= 11 is 0. The van der Waals surface area contributed by atoms with Crippen molar-refractivity contribution in [2.75, 3.05) is 0 Å². The van der Waals surface area contributed by atoms with E-state index >= 15 is 0 Å². The van der Waals surface area contributed by atoms with E-state index in [1.807, 2.05) is 0 Å². The lowest BCUT2D eigenvalue weighted by Gasteiger charge is -2.13. The number of allylic oxidation sites excluding steroid dienone is 1. The van der Waals surface area contributed by atoms with Gasteiger partial charge in [0.2, 0.25) is 0 Å². The first-order chi connectivity index (χ1) is 6.20. The van der Waals surface area contributed by atoms with Gasteiger partial charge in [0, 0.05) is 0 Å². The first kappa shape index (κ1) is 12.7. The van der Waals surface area contributed by atoms with Crippen molar-refractivity contribution in [3.8, 4) is 0 Å². The van der Waals surface area contributed by atoms with Gasteiger partial charge in [-0.05, 0) is 18.3 Å². The van der Waals surface area contributed by atoms with Crippen molar-refractivity contribution in [2.45, 2.75) is 59.3 Å². The maximum Gasteiger partial charge on any atom is -0.0262 e. The highest BCUT2D eigenvalue weighted by Gasteiger charge is 2.05. The highest BCUT2D eigenvalue weighted by molar-refractivity contribution is 4.76. The molecule has 0 aromatic rings. The number of hydrogen-bond donors (Lipinski definition) is 0. The highest BCUT2D eigenvalue weighted by atomic mass is 14.1. The lowest BCUT2D eigenvalue weighted by atomic mass is 9.93. The lowest BCUT2D eigenvalue weighted by molar-refractivity contribution is 0.418. The standard InChI is InChI=1S/C13H26/c1-5-7-8-9-10-13(4)11-12(3)6-2/h6,12-13H,2,5,7-11H2,1,3-4H3. The van der Waals surface area contributed by atoms with Crippen LogP contribution in [0.1, 0.15) is 59.3 Å². The Kier molecular flexibility index (Phi) is 8.18. The molecule has 0 aliphatic rings. The van der Waals surface area contributed by atoms with Gasteiger partial charge in [-0.25, -0.2) is 0 Å². The molecule has 0 rings (SSSR count). The Labute approximate surface area is 84.4 Å². The summed E-state index contributed by atoms with van der Waals surface area (Å²) in [6, 6.07) is 0. The van der Waals surface area contributed by atoms with Crippen LogP contribution in [0.3, 0.4) is 0 Å². The summed E-state index contributed by atoms with van der Waals surface area (Å²) in [7, 11) is 0. The van der Waals surface area contributed by atoms with Crippen LogP contribution in [-0.4, -0.2) is 0 Å². The normalized spacial score (nSPS) is 15.3.